The minimum Gasteiger partial charge on any atom is -0.356 e. The zero-order valence-corrected chi connectivity index (χ0v) is 20.2. The van der Waals surface area contributed by atoms with Crippen molar-refractivity contribution < 1.29 is 21.6 Å². The number of unbranched alkanes of at least 4 members (excludes halogenated alkanes) is 1. The molecule has 1 aliphatic rings. The van der Waals surface area contributed by atoms with Crippen molar-refractivity contribution in [1.29, 1.82) is 0 Å². The maximum Gasteiger partial charge on any atom is 0.511 e. The predicted octanol–water partition coefficient (Wildman–Crippen LogP) is 3.55. The number of rotatable bonds is 7. The van der Waals surface area contributed by atoms with Crippen molar-refractivity contribution in [2.75, 3.05) is 33.2 Å². The van der Waals surface area contributed by atoms with Crippen LogP contribution in [-0.2, 0) is 10.0 Å². The fraction of sp³-hybridized carbons (Fsp3) is 0.941. The Hall–Kier alpha value is -0.300. The molecule has 0 amide bonds. The molecule has 1 fully saturated rings. The average molecular weight is 542 g/mol. The minimum absolute atomic E-state index is 0. The average Bonchev–Trinajstić information content (AvgIpc) is 2.55. The summed E-state index contributed by atoms with van der Waals surface area (Å²) < 4.78 is 61.1. The standard InChI is InChI=1S/C17H33F3N4O2S.HI/c1-16(2,3)9-5-6-10-22-15(21-4)23-13-14-7-11-24(12-8-14)27(25,26)17(18,19)20;/h14H,5-13H2,1-4H3,(H2,21,22,23);1H. The van der Waals surface area contributed by atoms with Gasteiger partial charge in [0.2, 0.25) is 0 Å². The number of halogens is 4. The second-order valence-corrected chi connectivity index (χ2v) is 10.1. The molecule has 0 spiro atoms. The number of guanidine groups is 1. The van der Waals surface area contributed by atoms with E-state index in [0.29, 0.717) is 35.1 Å². The number of hydrogen-bond donors (Lipinski definition) is 2. The Labute approximate surface area is 184 Å². The van der Waals surface area contributed by atoms with Crippen LogP contribution in [0.15, 0.2) is 4.99 Å². The van der Waals surface area contributed by atoms with Gasteiger partial charge in [0.25, 0.3) is 0 Å². The molecule has 0 bridgehead atoms. The molecule has 1 rings (SSSR count). The van der Waals surface area contributed by atoms with Crippen LogP contribution < -0.4 is 10.6 Å². The fourth-order valence-electron chi connectivity index (χ4n) is 2.95. The van der Waals surface area contributed by atoms with Crippen LogP contribution in [0.25, 0.3) is 0 Å². The molecule has 0 atom stereocenters. The van der Waals surface area contributed by atoms with Gasteiger partial charge in [0.15, 0.2) is 5.96 Å². The smallest absolute Gasteiger partial charge is 0.356 e. The van der Waals surface area contributed by atoms with Gasteiger partial charge in [-0.3, -0.25) is 4.99 Å². The Balaban J connectivity index is 0.00000729. The van der Waals surface area contributed by atoms with Gasteiger partial charge in [-0.15, -0.1) is 24.0 Å². The Morgan fingerprint density at radius 3 is 2.14 bits per heavy atom. The highest BCUT2D eigenvalue weighted by Crippen LogP contribution is 2.30. The molecular formula is C17H34F3IN4O2S. The molecule has 1 heterocycles. The summed E-state index contributed by atoms with van der Waals surface area (Å²) in [6, 6.07) is 0. The number of piperidine rings is 1. The van der Waals surface area contributed by atoms with E-state index in [2.05, 4.69) is 36.4 Å². The van der Waals surface area contributed by atoms with E-state index in [-0.39, 0.29) is 43.0 Å². The Kier molecular flexibility index (Phi) is 11.6. The SMILES string of the molecule is CN=C(NCCCCC(C)(C)C)NCC1CCN(S(=O)(=O)C(F)(F)F)CC1.I. The third-order valence-electron chi connectivity index (χ3n) is 4.63. The summed E-state index contributed by atoms with van der Waals surface area (Å²) in [5.41, 5.74) is -4.90. The summed E-state index contributed by atoms with van der Waals surface area (Å²) in [6.45, 7) is 7.80. The molecule has 1 saturated heterocycles. The minimum atomic E-state index is -5.23. The van der Waals surface area contributed by atoms with Gasteiger partial charge >= 0.3 is 15.5 Å². The first-order valence-electron chi connectivity index (χ1n) is 9.38. The first-order chi connectivity index (χ1) is 12.4. The second-order valence-electron chi connectivity index (χ2n) is 8.19. The molecular weight excluding hydrogens is 508 g/mol. The molecule has 0 saturated carbocycles. The van der Waals surface area contributed by atoms with Crippen molar-refractivity contribution in [3.63, 3.8) is 0 Å². The summed E-state index contributed by atoms with van der Waals surface area (Å²) in [5, 5.41) is 6.41. The van der Waals surface area contributed by atoms with Gasteiger partial charge in [-0.25, -0.2) is 8.42 Å². The molecule has 0 radical (unpaired) electrons. The summed E-state index contributed by atoms with van der Waals surface area (Å²) in [7, 11) is -3.54. The van der Waals surface area contributed by atoms with E-state index in [9.17, 15) is 21.6 Å². The Bertz CT molecular complexity index is 584. The van der Waals surface area contributed by atoms with Crippen molar-refractivity contribution in [3.8, 4) is 0 Å². The zero-order chi connectivity index (χ0) is 20.7. The normalized spacial score (nSPS) is 17.9. The van der Waals surface area contributed by atoms with Gasteiger partial charge in [-0.1, -0.05) is 27.2 Å². The van der Waals surface area contributed by atoms with Gasteiger partial charge in [0, 0.05) is 33.2 Å². The van der Waals surface area contributed by atoms with Crippen LogP contribution in [0.2, 0.25) is 0 Å². The lowest BCUT2D eigenvalue weighted by molar-refractivity contribution is -0.0496. The van der Waals surface area contributed by atoms with Crippen LogP contribution in [-0.4, -0.2) is 57.4 Å². The van der Waals surface area contributed by atoms with Gasteiger partial charge in [-0.2, -0.15) is 17.5 Å². The third kappa shape index (κ3) is 9.47. The maximum absolute atomic E-state index is 12.6. The van der Waals surface area contributed by atoms with E-state index in [4.69, 9.17) is 0 Å². The topological polar surface area (TPSA) is 73.8 Å². The molecule has 1 aliphatic heterocycles. The van der Waals surface area contributed by atoms with Gasteiger partial charge in [-0.05, 0) is 37.0 Å². The van der Waals surface area contributed by atoms with Gasteiger partial charge < -0.3 is 10.6 Å². The Morgan fingerprint density at radius 2 is 1.68 bits per heavy atom. The van der Waals surface area contributed by atoms with Gasteiger partial charge in [0.05, 0.1) is 0 Å². The van der Waals surface area contributed by atoms with E-state index in [1.165, 1.54) is 0 Å². The van der Waals surface area contributed by atoms with Crippen molar-refractivity contribution >= 4 is 40.0 Å². The quantitative estimate of drug-likeness (QED) is 0.224. The lowest BCUT2D eigenvalue weighted by Gasteiger charge is -2.31. The van der Waals surface area contributed by atoms with Crippen LogP contribution >= 0.6 is 24.0 Å². The van der Waals surface area contributed by atoms with E-state index >= 15 is 0 Å². The highest BCUT2D eigenvalue weighted by molar-refractivity contribution is 14.0. The second kappa shape index (κ2) is 11.8. The molecule has 11 heteroatoms. The molecule has 28 heavy (non-hydrogen) atoms. The molecule has 6 nitrogen and oxygen atoms in total. The largest absolute Gasteiger partial charge is 0.511 e. The number of nitrogens with zero attached hydrogens (tertiary/aromatic N) is 2. The number of nitrogens with one attached hydrogen (secondary N) is 2. The van der Waals surface area contributed by atoms with Crippen molar-refractivity contribution in [3.05, 3.63) is 0 Å². The monoisotopic (exact) mass is 542 g/mol. The molecule has 0 unspecified atom stereocenters. The van der Waals surface area contributed by atoms with Crippen LogP contribution in [0.3, 0.4) is 0 Å². The van der Waals surface area contributed by atoms with Crippen molar-refractivity contribution in [2.24, 2.45) is 16.3 Å². The molecule has 0 aromatic carbocycles. The molecule has 0 aliphatic carbocycles. The summed E-state index contributed by atoms with van der Waals surface area (Å²) >= 11 is 0. The lowest BCUT2D eigenvalue weighted by atomic mass is 9.90. The Morgan fingerprint density at radius 1 is 1.11 bits per heavy atom. The highest BCUT2D eigenvalue weighted by atomic mass is 127. The third-order valence-corrected chi connectivity index (χ3v) is 6.26. The van der Waals surface area contributed by atoms with Crippen LogP contribution in [0, 0.1) is 11.3 Å². The van der Waals surface area contributed by atoms with Crippen LogP contribution in [0.4, 0.5) is 13.2 Å². The number of aliphatic imine (C=N–C) groups is 1. The van der Waals surface area contributed by atoms with E-state index in [1.807, 2.05) is 0 Å². The highest BCUT2D eigenvalue weighted by Gasteiger charge is 2.50. The lowest BCUT2D eigenvalue weighted by Crippen LogP contribution is -2.47. The molecule has 0 aromatic heterocycles. The van der Waals surface area contributed by atoms with Crippen LogP contribution in [0.5, 0.6) is 0 Å². The van der Waals surface area contributed by atoms with Crippen molar-refractivity contribution in [2.45, 2.75) is 58.4 Å². The summed E-state index contributed by atoms with van der Waals surface area (Å²) in [6.07, 6.45) is 4.10. The first-order valence-corrected chi connectivity index (χ1v) is 10.8. The molecule has 2 N–H and O–H groups in total. The van der Waals surface area contributed by atoms with E-state index in [0.717, 1.165) is 25.8 Å². The van der Waals surface area contributed by atoms with Crippen molar-refractivity contribution in [1.82, 2.24) is 14.9 Å². The van der Waals surface area contributed by atoms with Gasteiger partial charge in [0.1, 0.15) is 0 Å². The van der Waals surface area contributed by atoms with Crippen LogP contribution in [0.1, 0.15) is 52.9 Å². The number of alkyl halides is 3. The first kappa shape index (κ1) is 27.7. The number of hydrogen-bond acceptors (Lipinski definition) is 3. The van der Waals surface area contributed by atoms with E-state index in [1.54, 1.807) is 7.05 Å². The fourth-order valence-corrected chi connectivity index (χ4v) is 3.93. The number of sulfonamides is 1. The summed E-state index contributed by atoms with van der Waals surface area (Å²) in [4.78, 5) is 4.14. The van der Waals surface area contributed by atoms with E-state index < -0.39 is 15.5 Å². The molecule has 168 valence electrons. The predicted molar refractivity (Wildman–Crippen MR) is 117 cm³/mol. The summed E-state index contributed by atoms with van der Waals surface area (Å²) in [5.74, 6) is 0.778. The maximum atomic E-state index is 12.6. The zero-order valence-electron chi connectivity index (χ0n) is 17.1. The molecule has 0 aromatic rings.